The summed E-state index contributed by atoms with van der Waals surface area (Å²) in [4.78, 5) is 27.1. The molecule has 5 rings (SSSR count). The van der Waals surface area contributed by atoms with Crippen LogP contribution in [0.25, 0.3) is 16.5 Å². The lowest BCUT2D eigenvalue weighted by molar-refractivity contribution is -0.598. The van der Waals surface area contributed by atoms with E-state index in [0.29, 0.717) is 21.0 Å². The van der Waals surface area contributed by atoms with Gasteiger partial charge in [0.05, 0.1) is 23.5 Å². The van der Waals surface area contributed by atoms with Crippen LogP contribution in [0, 0.1) is 6.92 Å². The van der Waals surface area contributed by atoms with E-state index in [9.17, 15) is 9.59 Å². The topological polar surface area (TPSA) is 47.3 Å². The third-order valence-electron chi connectivity index (χ3n) is 6.48. The minimum atomic E-state index is -0.361. The molecule has 204 valence electrons. The van der Waals surface area contributed by atoms with Crippen molar-refractivity contribution in [2.24, 2.45) is 0 Å². The van der Waals surface area contributed by atoms with Crippen LogP contribution in [0.15, 0.2) is 95.5 Å². The highest BCUT2D eigenvalue weighted by Crippen LogP contribution is 2.41. The van der Waals surface area contributed by atoms with Crippen LogP contribution < -0.4 is 28.5 Å². The summed E-state index contributed by atoms with van der Waals surface area (Å²) in [5, 5.41) is 2.98. The number of nitrogens with zero attached hydrogens (tertiary/aromatic N) is 1. The second-order valence-corrected chi connectivity index (χ2v) is 11.7. The molecule has 4 nitrogen and oxygen atoms in total. The monoisotopic (exact) mass is 699 g/mol. The standard InChI is InChI=1S/C32H27ClNO3S2.HI/c1-3-37-28(35)19-26-29(34-17-7-4-8-18-34)32(39-31(26)30(36)23-13-15-24(33)16-14-23)38-20-27-21(2)11-12-22-9-5-6-10-25(22)27;/h4-18H,3,19-20H2,1-2H3;1H/q+1;/p-1. The van der Waals surface area contributed by atoms with Gasteiger partial charge in [-0.2, -0.15) is 4.57 Å². The Morgan fingerprint density at radius 2 is 1.65 bits per heavy atom. The molecule has 0 spiro atoms. The molecule has 2 heterocycles. The van der Waals surface area contributed by atoms with Crippen molar-refractivity contribution >= 4 is 57.2 Å². The van der Waals surface area contributed by atoms with Crippen LogP contribution in [0.4, 0.5) is 0 Å². The van der Waals surface area contributed by atoms with E-state index in [0.717, 1.165) is 15.6 Å². The highest BCUT2D eigenvalue weighted by molar-refractivity contribution is 8.00. The summed E-state index contributed by atoms with van der Waals surface area (Å²) in [7, 11) is 0. The van der Waals surface area contributed by atoms with E-state index in [1.807, 2.05) is 41.2 Å². The third-order valence-corrected chi connectivity index (χ3v) is 9.24. The third kappa shape index (κ3) is 6.60. The molecule has 0 saturated heterocycles. The first kappa shape index (κ1) is 30.2. The van der Waals surface area contributed by atoms with Crippen molar-refractivity contribution in [2.75, 3.05) is 6.61 Å². The van der Waals surface area contributed by atoms with Crippen molar-refractivity contribution in [1.29, 1.82) is 0 Å². The zero-order valence-electron chi connectivity index (χ0n) is 22.0. The number of rotatable bonds is 9. The second-order valence-electron chi connectivity index (χ2n) is 9.02. The molecule has 0 aliphatic rings. The number of carbonyl (C=O) groups excluding carboxylic acids is 2. The second kappa shape index (κ2) is 13.8. The lowest BCUT2D eigenvalue weighted by Gasteiger charge is -2.10. The molecule has 0 bridgehead atoms. The average Bonchev–Trinajstić information content (AvgIpc) is 3.30. The molecule has 0 fully saturated rings. The van der Waals surface area contributed by atoms with E-state index in [-0.39, 0.29) is 48.8 Å². The summed E-state index contributed by atoms with van der Waals surface area (Å²) in [5.41, 5.74) is 4.52. The number of esters is 1. The number of carbonyl (C=O) groups is 2. The van der Waals surface area contributed by atoms with Crippen molar-refractivity contribution in [2.45, 2.75) is 30.2 Å². The van der Waals surface area contributed by atoms with Gasteiger partial charge in [-0.25, -0.2) is 0 Å². The molecule has 0 saturated carbocycles. The van der Waals surface area contributed by atoms with E-state index >= 15 is 0 Å². The molecule has 2 aromatic heterocycles. The minimum Gasteiger partial charge on any atom is -1.00 e. The summed E-state index contributed by atoms with van der Waals surface area (Å²) in [6, 6.07) is 25.4. The Balaban J connectivity index is 0.00000370. The van der Waals surface area contributed by atoms with E-state index in [4.69, 9.17) is 16.3 Å². The van der Waals surface area contributed by atoms with Crippen LogP contribution in [0.1, 0.15) is 38.8 Å². The largest absolute Gasteiger partial charge is 1.00 e. The van der Waals surface area contributed by atoms with Gasteiger partial charge in [0.15, 0.2) is 12.4 Å². The fourth-order valence-electron chi connectivity index (χ4n) is 4.55. The molecular formula is C32H27ClINO3S2. The van der Waals surface area contributed by atoms with Gasteiger partial charge in [0.2, 0.25) is 11.5 Å². The maximum atomic E-state index is 13.8. The molecule has 8 heteroatoms. The average molecular weight is 700 g/mol. The maximum absolute atomic E-state index is 13.8. The SMILES string of the molecule is CCOC(=O)Cc1c(C(=O)c2ccc(Cl)cc2)sc(SCc2c(C)ccc3ccccc23)c1-[n+]1ccccc1.[I-]. The zero-order valence-corrected chi connectivity index (χ0v) is 26.6. The van der Waals surface area contributed by atoms with Crippen molar-refractivity contribution < 1.29 is 42.9 Å². The number of fused-ring (bicyclic) bond motifs is 1. The van der Waals surface area contributed by atoms with Crippen molar-refractivity contribution in [3.63, 3.8) is 0 Å². The summed E-state index contributed by atoms with van der Waals surface area (Å²) in [6.45, 7) is 4.19. The zero-order chi connectivity index (χ0) is 27.4. The van der Waals surface area contributed by atoms with E-state index in [2.05, 4.69) is 37.3 Å². The summed E-state index contributed by atoms with van der Waals surface area (Å²) in [6.07, 6.45) is 3.89. The lowest BCUT2D eigenvalue weighted by atomic mass is 10.0. The number of ketones is 1. The van der Waals surface area contributed by atoms with Crippen LogP contribution in [-0.2, 0) is 21.7 Å². The Labute approximate surface area is 264 Å². The first-order chi connectivity index (χ1) is 19.0. The van der Waals surface area contributed by atoms with E-state index in [1.54, 1.807) is 43.0 Å². The van der Waals surface area contributed by atoms with Crippen LogP contribution in [0.5, 0.6) is 0 Å². The molecule has 0 N–H and O–H groups in total. The number of thiophene rings is 1. The Bertz CT molecular complexity index is 1650. The van der Waals surface area contributed by atoms with Gasteiger partial charge in [0.25, 0.3) is 0 Å². The predicted molar refractivity (Wildman–Crippen MR) is 159 cm³/mol. The lowest BCUT2D eigenvalue weighted by Crippen LogP contribution is -3.00. The van der Waals surface area contributed by atoms with Crippen molar-refractivity contribution in [3.8, 4) is 5.69 Å². The number of hydrogen-bond acceptors (Lipinski definition) is 5. The number of thioether (sulfide) groups is 1. The number of benzene rings is 3. The molecular weight excluding hydrogens is 673 g/mol. The molecule has 0 radical (unpaired) electrons. The number of pyridine rings is 1. The Hall–Kier alpha value is -2.72. The van der Waals surface area contributed by atoms with Crippen molar-refractivity contribution in [1.82, 2.24) is 0 Å². The van der Waals surface area contributed by atoms with E-state index < -0.39 is 0 Å². The smallest absolute Gasteiger partial charge is 0.310 e. The molecule has 0 aliphatic carbocycles. The quantitative estimate of drug-likeness (QED) is 0.0732. The van der Waals surface area contributed by atoms with Gasteiger partial charge in [-0.3, -0.25) is 9.59 Å². The number of aromatic nitrogens is 1. The highest BCUT2D eigenvalue weighted by Gasteiger charge is 2.31. The Kier molecular flexibility index (Phi) is 10.4. The van der Waals surface area contributed by atoms with Gasteiger partial charge in [0, 0.05) is 28.5 Å². The first-order valence-corrected chi connectivity index (χ1v) is 14.8. The fraction of sp³-hybridized carbons (Fsp3) is 0.156. The molecule has 0 amide bonds. The summed E-state index contributed by atoms with van der Waals surface area (Å²) < 4.78 is 8.27. The summed E-state index contributed by atoms with van der Waals surface area (Å²) >= 11 is 9.20. The van der Waals surface area contributed by atoms with Crippen LogP contribution in [-0.4, -0.2) is 18.4 Å². The minimum absolute atomic E-state index is 0. The first-order valence-electron chi connectivity index (χ1n) is 12.6. The molecule has 0 atom stereocenters. The maximum Gasteiger partial charge on any atom is 0.310 e. The number of ether oxygens (including phenoxy) is 1. The Morgan fingerprint density at radius 1 is 0.925 bits per heavy atom. The van der Waals surface area contributed by atoms with Crippen LogP contribution in [0.2, 0.25) is 5.02 Å². The molecule has 40 heavy (non-hydrogen) atoms. The fourth-order valence-corrected chi connectivity index (χ4v) is 7.38. The predicted octanol–water partition coefficient (Wildman–Crippen LogP) is 4.77. The van der Waals surface area contributed by atoms with Crippen LogP contribution in [0.3, 0.4) is 0 Å². The summed E-state index contributed by atoms with van der Waals surface area (Å²) in [5.74, 6) is 0.225. The van der Waals surface area contributed by atoms with Gasteiger partial charge in [-0.1, -0.05) is 54.1 Å². The van der Waals surface area contributed by atoms with Gasteiger partial charge in [-0.05, 0) is 60.0 Å². The highest BCUT2D eigenvalue weighted by atomic mass is 127. The number of halogens is 2. The molecule has 0 aliphatic heterocycles. The van der Waals surface area contributed by atoms with Crippen molar-refractivity contribution in [3.05, 3.63) is 123 Å². The number of hydrogen-bond donors (Lipinski definition) is 0. The van der Waals surface area contributed by atoms with Gasteiger partial charge in [0.1, 0.15) is 4.21 Å². The van der Waals surface area contributed by atoms with E-state index in [1.165, 1.54) is 33.2 Å². The normalized spacial score (nSPS) is 10.8. The van der Waals surface area contributed by atoms with Gasteiger partial charge >= 0.3 is 5.97 Å². The number of aryl methyl sites for hydroxylation is 1. The molecule has 3 aromatic carbocycles. The molecule has 0 unspecified atom stereocenters. The Morgan fingerprint density at radius 3 is 2.38 bits per heavy atom. The van der Waals surface area contributed by atoms with Gasteiger partial charge in [-0.15, -0.1) is 23.1 Å². The molecule has 5 aromatic rings. The van der Waals surface area contributed by atoms with Gasteiger partial charge < -0.3 is 28.7 Å². The van der Waals surface area contributed by atoms with Crippen LogP contribution >= 0.6 is 34.7 Å².